The first-order valence-electron chi connectivity index (χ1n) is 6.00. The predicted molar refractivity (Wildman–Crippen MR) is 60.7 cm³/mol. The largest absolute Gasteiger partial charge is 0.469 e. The molecule has 0 bridgehead atoms. The highest BCUT2D eigenvalue weighted by Gasteiger charge is 2.34. The van der Waals surface area contributed by atoms with E-state index in [1.807, 2.05) is 0 Å². The van der Waals surface area contributed by atoms with Crippen LogP contribution in [0.15, 0.2) is 0 Å². The van der Waals surface area contributed by atoms with Gasteiger partial charge in [0.15, 0.2) is 0 Å². The molecule has 0 atom stereocenters. The van der Waals surface area contributed by atoms with Crippen LogP contribution in [-0.4, -0.2) is 26.2 Å². The van der Waals surface area contributed by atoms with E-state index in [1.54, 1.807) is 0 Å². The minimum atomic E-state index is -0.106. The summed E-state index contributed by atoms with van der Waals surface area (Å²) in [6.45, 7) is 4.32. The molecular formula is C12H23NO2. The van der Waals surface area contributed by atoms with Gasteiger partial charge in [-0.05, 0) is 37.6 Å². The lowest BCUT2D eigenvalue weighted by Crippen LogP contribution is -2.39. The van der Waals surface area contributed by atoms with Gasteiger partial charge in [0, 0.05) is 13.0 Å². The summed E-state index contributed by atoms with van der Waals surface area (Å²) in [6, 6.07) is 0. The number of esters is 1. The number of carbonyl (C=O) groups is 1. The first-order chi connectivity index (χ1) is 7.22. The molecule has 0 aromatic carbocycles. The highest BCUT2D eigenvalue weighted by Crippen LogP contribution is 2.42. The molecule has 1 N–H and O–H groups in total. The van der Waals surface area contributed by atoms with Crippen molar-refractivity contribution in [3.63, 3.8) is 0 Å². The van der Waals surface area contributed by atoms with E-state index in [1.165, 1.54) is 32.8 Å². The van der Waals surface area contributed by atoms with Crippen molar-refractivity contribution in [1.82, 2.24) is 5.32 Å². The maximum absolute atomic E-state index is 10.8. The van der Waals surface area contributed by atoms with Crippen LogP contribution in [0.4, 0.5) is 0 Å². The molecule has 3 heteroatoms. The van der Waals surface area contributed by atoms with Gasteiger partial charge in [0.25, 0.3) is 0 Å². The van der Waals surface area contributed by atoms with Crippen molar-refractivity contribution in [1.29, 1.82) is 0 Å². The third kappa shape index (κ3) is 3.82. The van der Waals surface area contributed by atoms with Gasteiger partial charge in [-0.25, -0.2) is 0 Å². The van der Waals surface area contributed by atoms with Crippen LogP contribution in [0.5, 0.6) is 0 Å². The highest BCUT2D eigenvalue weighted by atomic mass is 16.5. The fourth-order valence-electron chi connectivity index (χ4n) is 2.15. The van der Waals surface area contributed by atoms with Gasteiger partial charge in [-0.2, -0.15) is 0 Å². The summed E-state index contributed by atoms with van der Waals surface area (Å²) in [5.74, 6) is -0.106. The zero-order valence-electron chi connectivity index (χ0n) is 9.97. The molecule has 1 saturated carbocycles. The van der Waals surface area contributed by atoms with Gasteiger partial charge in [-0.3, -0.25) is 4.79 Å². The van der Waals surface area contributed by atoms with E-state index in [9.17, 15) is 4.79 Å². The van der Waals surface area contributed by atoms with Crippen LogP contribution in [0.25, 0.3) is 0 Å². The van der Waals surface area contributed by atoms with Crippen LogP contribution in [0.2, 0.25) is 0 Å². The van der Waals surface area contributed by atoms with Crippen LogP contribution in [0, 0.1) is 5.41 Å². The SMILES string of the molecule is CCC1(CNCCCC(=O)OC)CCC1. The second-order valence-electron chi connectivity index (χ2n) is 4.56. The Balaban J connectivity index is 1.99. The summed E-state index contributed by atoms with van der Waals surface area (Å²) in [7, 11) is 1.44. The van der Waals surface area contributed by atoms with Crippen molar-refractivity contribution in [3.05, 3.63) is 0 Å². The zero-order chi connectivity index (χ0) is 11.1. The van der Waals surface area contributed by atoms with E-state index in [2.05, 4.69) is 17.0 Å². The molecule has 1 fully saturated rings. The Kier molecular flexibility index (Phi) is 5.09. The van der Waals surface area contributed by atoms with Crippen molar-refractivity contribution >= 4 is 5.97 Å². The molecule has 1 aliphatic carbocycles. The standard InChI is InChI=1S/C12H23NO2/c1-3-12(7-5-8-12)10-13-9-4-6-11(14)15-2/h13H,3-10H2,1-2H3. The van der Waals surface area contributed by atoms with Crippen LogP contribution in [-0.2, 0) is 9.53 Å². The van der Waals surface area contributed by atoms with Gasteiger partial charge >= 0.3 is 5.97 Å². The van der Waals surface area contributed by atoms with Crippen LogP contribution < -0.4 is 5.32 Å². The molecule has 0 aliphatic heterocycles. The van der Waals surface area contributed by atoms with Gasteiger partial charge in [0.1, 0.15) is 0 Å². The lowest BCUT2D eigenvalue weighted by Gasteiger charge is -2.41. The monoisotopic (exact) mass is 213 g/mol. The topological polar surface area (TPSA) is 38.3 Å². The second-order valence-corrected chi connectivity index (χ2v) is 4.56. The molecule has 88 valence electrons. The normalized spacial score (nSPS) is 18.3. The molecule has 0 aromatic rings. The number of ether oxygens (including phenoxy) is 1. The first-order valence-corrected chi connectivity index (χ1v) is 6.00. The van der Waals surface area contributed by atoms with Gasteiger partial charge < -0.3 is 10.1 Å². The molecule has 0 saturated heterocycles. The molecule has 3 nitrogen and oxygen atoms in total. The second kappa shape index (κ2) is 6.11. The Hall–Kier alpha value is -0.570. The van der Waals surface area contributed by atoms with E-state index in [4.69, 9.17) is 0 Å². The summed E-state index contributed by atoms with van der Waals surface area (Å²) in [5, 5.41) is 3.45. The molecule has 15 heavy (non-hydrogen) atoms. The lowest BCUT2D eigenvalue weighted by atomic mass is 9.67. The summed E-state index contributed by atoms with van der Waals surface area (Å²) in [5.41, 5.74) is 0.575. The van der Waals surface area contributed by atoms with Crippen LogP contribution in [0.3, 0.4) is 0 Å². The Morgan fingerprint density at radius 1 is 1.47 bits per heavy atom. The molecule has 0 heterocycles. The summed E-state index contributed by atoms with van der Waals surface area (Å²) >= 11 is 0. The predicted octanol–water partition coefficient (Wildman–Crippen LogP) is 2.11. The first kappa shape index (κ1) is 12.5. The maximum atomic E-state index is 10.8. The van der Waals surface area contributed by atoms with Crippen molar-refractivity contribution < 1.29 is 9.53 Å². The Labute approximate surface area is 92.6 Å². The van der Waals surface area contributed by atoms with E-state index in [0.29, 0.717) is 11.8 Å². The Morgan fingerprint density at radius 3 is 2.67 bits per heavy atom. The number of hydrogen-bond donors (Lipinski definition) is 1. The number of hydrogen-bond acceptors (Lipinski definition) is 3. The van der Waals surface area contributed by atoms with E-state index >= 15 is 0 Å². The summed E-state index contributed by atoms with van der Waals surface area (Å²) < 4.78 is 4.58. The average molecular weight is 213 g/mol. The van der Waals surface area contributed by atoms with Gasteiger partial charge in [0.2, 0.25) is 0 Å². The number of carbonyl (C=O) groups excluding carboxylic acids is 1. The number of rotatable bonds is 7. The smallest absolute Gasteiger partial charge is 0.305 e. The maximum Gasteiger partial charge on any atom is 0.305 e. The summed E-state index contributed by atoms with van der Waals surface area (Å²) in [6.07, 6.45) is 6.81. The molecule has 0 unspecified atom stereocenters. The van der Waals surface area contributed by atoms with E-state index < -0.39 is 0 Å². The molecule has 0 radical (unpaired) electrons. The highest BCUT2D eigenvalue weighted by molar-refractivity contribution is 5.69. The van der Waals surface area contributed by atoms with Crippen molar-refractivity contribution in [2.75, 3.05) is 20.2 Å². The minimum absolute atomic E-state index is 0.106. The molecule has 1 rings (SSSR count). The third-order valence-electron chi connectivity index (χ3n) is 3.63. The average Bonchev–Trinajstić information content (AvgIpc) is 2.20. The van der Waals surface area contributed by atoms with Gasteiger partial charge in [-0.15, -0.1) is 0 Å². The number of methoxy groups -OCH3 is 1. The van der Waals surface area contributed by atoms with E-state index in [0.717, 1.165) is 19.5 Å². The van der Waals surface area contributed by atoms with Crippen molar-refractivity contribution in [2.45, 2.75) is 45.4 Å². The molecule has 0 aromatic heterocycles. The van der Waals surface area contributed by atoms with E-state index in [-0.39, 0.29) is 5.97 Å². The van der Waals surface area contributed by atoms with Gasteiger partial charge in [-0.1, -0.05) is 13.3 Å². The Bertz CT molecular complexity index is 194. The van der Waals surface area contributed by atoms with Gasteiger partial charge in [0.05, 0.1) is 7.11 Å². The molecular weight excluding hydrogens is 190 g/mol. The van der Waals surface area contributed by atoms with Crippen molar-refractivity contribution in [2.24, 2.45) is 5.41 Å². The third-order valence-corrected chi connectivity index (χ3v) is 3.63. The minimum Gasteiger partial charge on any atom is -0.469 e. The van der Waals surface area contributed by atoms with Crippen LogP contribution >= 0.6 is 0 Å². The molecule has 0 spiro atoms. The fourth-order valence-corrected chi connectivity index (χ4v) is 2.15. The van der Waals surface area contributed by atoms with Crippen LogP contribution in [0.1, 0.15) is 45.4 Å². The quantitative estimate of drug-likeness (QED) is 0.520. The lowest BCUT2D eigenvalue weighted by molar-refractivity contribution is -0.140. The summed E-state index contributed by atoms with van der Waals surface area (Å²) in [4.78, 5) is 10.8. The molecule has 1 aliphatic rings. The fraction of sp³-hybridized carbons (Fsp3) is 0.917. The zero-order valence-corrected chi connectivity index (χ0v) is 9.97. The molecule has 0 amide bonds. The van der Waals surface area contributed by atoms with Crippen molar-refractivity contribution in [3.8, 4) is 0 Å². The Morgan fingerprint density at radius 2 is 2.20 bits per heavy atom. The number of nitrogens with one attached hydrogen (secondary N) is 1.